The first-order chi connectivity index (χ1) is 8.22. The molecule has 0 aliphatic heterocycles. The first-order valence-corrected chi connectivity index (χ1v) is 5.97. The van der Waals surface area contributed by atoms with Crippen molar-refractivity contribution in [3.63, 3.8) is 0 Å². The van der Waals surface area contributed by atoms with Gasteiger partial charge in [-0.3, -0.25) is 0 Å². The van der Waals surface area contributed by atoms with Crippen LogP contribution in [0, 0.1) is 5.92 Å². The minimum atomic E-state index is 0.327. The van der Waals surface area contributed by atoms with Crippen LogP contribution in [-0.2, 0) is 0 Å². The zero-order chi connectivity index (χ0) is 12.3. The molecule has 1 aromatic rings. The molecule has 94 valence electrons. The predicted molar refractivity (Wildman–Crippen MR) is 66.4 cm³/mol. The van der Waals surface area contributed by atoms with E-state index < -0.39 is 0 Å². The second kappa shape index (κ2) is 5.16. The van der Waals surface area contributed by atoms with Crippen LogP contribution in [0.5, 0.6) is 6.01 Å². The van der Waals surface area contributed by atoms with E-state index in [1.165, 1.54) is 19.3 Å². The van der Waals surface area contributed by atoms with Gasteiger partial charge in [-0.05, 0) is 25.7 Å². The largest absolute Gasteiger partial charge is 0.467 e. The predicted octanol–water partition coefficient (Wildman–Crippen LogP) is 1.52. The quantitative estimate of drug-likeness (QED) is 0.809. The van der Waals surface area contributed by atoms with E-state index in [2.05, 4.69) is 32.5 Å². The van der Waals surface area contributed by atoms with Gasteiger partial charge in [-0.1, -0.05) is 6.42 Å². The number of hydrogen-bond donors (Lipinski definition) is 2. The molecule has 6 heteroatoms. The molecule has 0 saturated heterocycles. The normalized spacial score (nSPS) is 17.1. The summed E-state index contributed by atoms with van der Waals surface area (Å²) in [5.74, 6) is 1.82. The molecule has 0 bridgehead atoms. The highest BCUT2D eigenvalue weighted by molar-refractivity contribution is 5.36. The minimum absolute atomic E-state index is 0.327. The van der Waals surface area contributed by atoms with Crippen LogP contribution in [0.2, 0.25) is 0 Å². The molecule has 17 heavy (non-hydrogen) atoms. The number of nitrogens with zero attached hydrogens (tertiary/aromatic N) is 3. The zero-order valence-corrected chi connectivity index (χ0v) is 10.5. The molecule has 1 aromatic heterocycles. The molecule has 1 heterocycles. The second-order valence-electron chi connectivity index (χ2n) is 4.34. The van der Waals surface area contributed by atoms with Crippen molar-refractivity contribution < 1.29 is 4.74 Å². The molecule has 1 unspecified atom stereocenters. The summed E-state index contributed by atoms with van der Waals surface area (Å²) in [5.41, 5.74) is 0. The summed E-state index contributed by atoms with van der Waals surface area (Å²) in [6, 6.07) is 0.716. The third-order valence-corrected chi connectivity index (χ3v) is 3.23. The lowest BCUT2D eigenvalue weighted by Crippen LogP contribution is -2.31. The second-order valence-corrected chi connectivity index (χ2v) is 4.34. The van der Waals surface area contributed by atoms with Gasteiger partial charge in [-0.2, -0.15) is 15.0 Å². The Morgan fingerprint density at radius 1 is 1.24 bits per heavy atom. The molecule has 2 rings (SSSR count). The summed E-state index contributed by atoms with van der Waals surface area (Å²) in [6.45, 7) is 2.17. The van der Waals surface area contributed by atoms with Crippen LogP contribution in [0.15, 0.2) is 0 Å². The molecule has 0 aromatic carbocycles. The summed E-state index contributed by atoms with van der Waals surface area (Å²) in [5, 5.41) is 6.20. The maximum atomic E-state index is 5.04. The smallest absolute Gasteiger partial charge is 0.322 e. The van der Waals surface area contributed by atoms with E-state index in [-0.39, 0.29) is 0 Å². The Morgan fingerprint density at radius 3 is 2.47 bits per heavy atom. The molecule has 0 radical (unpaired) electrons. The number of rotatable bonds is 5. The van der Waals surface area contributed by atoms with Crippen molar-refractivity contribution >= 4 is 11.9 Å². The molecule has 2 N–H and O–H groups in total. The van der Waals surface area contributed by atoms with Gasteiger partial charge < -0.3 is 15.4 Å². The van der Waals surface area contributed by atoms with Crippen LogP contribution in [0.4, 0.5) is 11.9 Å². The molecule has 1 aliphatic carbocycles. The van der Waals surface area contributed by atoms with Crippen LogP contribution >= 0.6 is 0 Å². The number of methoxy groups -OCH3 is 1. The van der Waals surface area contributed by atoms with E-state index in [1.54, 1.807) is 14.2 Å². The molecule has 0 amide bonds. The Hall–Kier alpha value is -1.59. The van der Waals surface area contributed by atoms with Gasteiger partial charge in [0, 0.05) is 13.1 Å². The maximum Gasteiger partial charge on any atom is 0.322 e. The fraction of sp³-hybridized carbons (Fsp3) is 0.727. The van der Waals surface area contributed by atoms with E-state index in [0.717, 1.165) is 5.92 Å². The van der Waals surface area contributed by atoms with Crippen molar-refractivity contribution in [1.82, 2.24) is 15.0 Å². The third-order valence-electron chi connectivity index (χ3n) is 3.23. The fourth-order valence-corrected chi connectivity index (χ4v) is 1.89. The van der Waals surface area contributed by atoms with Gasteiger partial charge in [0.25, 0.3) is 0 Å². The summed E-state index contributed by atoms with van der Waals surface area (Å²) in [4.78, 5) is 12.5. The van der Waals surface area contributed by atoms with Crippen LogP contribution in [0.25, 0.3) is 0 Å². The van der Waals surface area contributed by atoms with Gasteiger partial charge in [-0.25, -0.2) is 0 Å². The lowest BCUT2D eigenvalue weighted by Gasteiger charge is -2.31. The van der Waals surface area contributed by atoms with Crippen LogP contribution in [0.3, 0.4) is 0 Å². The number of anilines is 2. The first-order valence-electron chi connectivity index (χ1n) is 5.97. The molecular weight excluding hydrogens is 218 g/mol. The Balaban J connectivity index is 2.07. The van der Waals surface area contributed by atoms with Crippen molar-refractivity contribution in [3.05, 3.63) is 0 Å². The zero-order valence-electron chi connectivity index (χ0n) is 10.5. The SMILES string of the molecule is CNc1nc(NC(C)C2CCC2)nc(OC)n1. The number of nitrogens with one attached hydrogen (secondary N) is 2. The van der Waals surface area contributed by atoms with Crippen LogP contribution in [-0.4, -0.2) is 35.2 Å². The summed E-state index contributed by atoms with van der Waals surface area (Å²) < 4.78 is 5.04. The monoisotopic (exact) mass is 237 g/mol. The van der Waals surface area contributed by atoms with Gasteiger partial charge in [0.1, 0.15) is 0 Å². The van der Waals surface area contributed by atoms with Crippen molar-refractivity contribution in [1.29, 1.82) is 0 Å². The average molecular weight is 237 g/mol. The number of ether oxygens (including phenoxy) is 1. The molecule has 1 atom stereocenters. The Morgan fingerprint density at radius 2 is 1.94 bits per heavy atom. The van der Waals surface area contributed by atoms with Crippen molar-refractivity contribution in [2.75, 3.05) is 24.8 Å². The molecule has 1 fully saturated rings. The van der Waals surface area contributed by atoms with E-state index in [4.69, 9.17) is 4.74 Å². The Labute approximate surface area is 101 Å². The molecular formula is C11H19N5O. The lowest BCUT2D eigenvalue weighted by molar-refractivity contribution is 0.284. The highest BCUT2D eigenvalue weighted by atomic mass is 16.5. The minimum Gasteiger partial charge on any atom is -0.467 e. The highest BCUT2D eigenvalue weighted by Gasteiger charge is 2.24. The van der Waals surface area contributed by atoms with Crippen molar-refractivity contribution in [3.8, 4) is 6.01 Å². The standard InChI is InChI=1S/C11H19N5O/c1-7(8-5-4-6-8)13-10-14-9(12-2)15-11(16-10)17-3/h7-8H,4-6H2,1-3H3,(H2,12,13,14,15,16). The van der Waals surface area contributed by atoms with Gasteiger partial charge in [-0.15, -0.1) is 0 Å². The van der Waals surface area contributed by atoms with Crippen molar-refractivity contribution in [2.45, 2.75) is 32.2 Å². The third kappa shape index (κ3) is 2.75. The van der Waals surface area contributed by atoms with E-state index in [9.17, 15) is 0 Å². The Bertz CT molecular complexity index is 358. The number of hydrogen-bond acceptors (Lipinski definition) is 6. The summed E-state index contributed by atoms with van der Waals surface area (Å²) >= 11 is 0. The van der Waals surface area contributed by atoms with E-state index >= 15 is 0 Å². The lowest BCUT2D eigenvalue weighted by atomic mass is 9.80. The fourth-order valence-electron chi connectivity index (χ4n) is 1.89. The van der Waals surface area contributed by atoms with E-state index in [0.29, 0.717) is 23.9 Å². The average Bonchev–Trinajstić information content (AvgIpc) is 2.25. The highest BCUT2D eigenvalue weighted by Crippen LogP contribution is 2.30. The first kappa shape index (κ1) is 11.9. The van der Waals surface area contributed by atoms with Crippen LogP contribution in [0.1, 0.15) is 26.2 Å². The molecule has 6 nitrogen and oxygen atoms in total. The maximum absolute atomic E-state index is 5.04. The molecule has 0 spiro atoms. The van der Waals surface area contributed by atoms with Gasteiger partial charge >= 0.3 is 6.01 Å². The molecule has 1 saturated carbocycles. The van der Waals surface area contributed by atoms with Gasteiger partial charge in [0.05, 0.1) is 7.11 Å². The molecule has 1 aliphatic rings. The van der Waals surface area contributed by atoms with Gasteiger partial charge in [0.2, 0.25) is 11.9 Å². The van der Waals surface area contributed by atoms with Crippen molar-refractivity contribution in [2.24, 2.45) is 5.92 Å². The Kier molecular flexibility index (Phi) is 3.61. The summed E-state index contributed by atoms with van der Waals surface area (Å²) in [6.07, 6.45) is 3.91. The number of aromatic nitrogens is 3. The van der Waals surface area contributed by atoms with Crippen LogP contribution < -0.4 is 15.4 Å². The summed E-state index contributed by atoms with van der Waals surface area (Å²) in [7, 11) is 3.32. The van der Waals surface area contributed by atoms with E-state index in [1.807, 2.05) is 0 Å². The topological polar surface area (TPSA) is 72.0 Å². The van der Waals surface area contributed by atoms with Gasteiger partial charge in [0.15, 0.2) is 0 Å².